The first-order valence-corrected chi connectivity index (χ1v) is 4.34. The van der Waals surface area contributed by atoms with E-state index in [1.165, 1.54) is 0 Å². The highest BCUT2D eigenvalue weighted by molar-refractivity contribution is 7.84. The van der Waals surface area contributed by atoms with Gasteiger partial charge in [-0.05, 0) is 0 Å². The predicted octanol–water partition coefficient (Wildman–Crippen LogP) is -2.62. The Balaban J connectivity index is 3.29. The van der Waals surface area contributed by atoms with Crippen molar-refractivity contribution in [3.8, 4) is 0 Å². The molecule has 0 fully saturated rings. The number of hydrogen-bond donors (Lipinski definition) is 4. The second kappa shape index (κ2) is 4.87. The number of amides is 2. The van der Waals surface area contributed by atoms with Crippen molar-refractivity contribution in [1.29, 1.82) is 0 Å². The summed E-state index contributed by atoms with van der Waals surface area (Å²) in [7, 11) is -3.91. The first kappa shape index (κ1) is 11.1. The van der Waals surface area contributed by atoms with E-state index in [9.17, 15) is 13.2 Å². The number of primary amides is 1. The first-order valence-electron chi connectivity index (χ1n) is 2.87. The van der Waals surface area contributed by atoms with Crippen molar-refractivity contribution in [1.82, 2.24) is 10.9 Å². The Bertz CT molecular complexity index is 237. The zero-order chi connectivity index (χ0) is 9.61. The molecule has 0 aliphatic heterocycles. The van der Waals surface area contributed by atoms with Crippen LogP contribution in [0.2, 0.25) is 0 Å². The van der Waals surface area contributed by atoms with Crippen LogP contribution in [0.25, 0.3) is 0 Å². The summed E-state index contributed by atoms with van der Waals surface area (Å²) in [4.78, 5) is 10.0. The Morgan fingerprint density at radius 2 is 2.08 bits per heavy atom. The van der Waals surface area contributed by atoms with Crippen molar-refractivity contribution in [2.75, 3.05) is 13.2 Å². The summed E-state index contributed by atoms with van der Waals surface area (Å²) in [6.07, 6.45) is 0. The number of rotatable bonds is 5. The van der Waals surface area contributed by atoms with Crippen molar-refractivity contribution in [3.05, 3.63) is 0 Å². The molecule has 12 heavy (non-hydrogen) atoms. The lowest BCUT2D eigenvalue weighted by Crippen LogP contribution is -2.42. The highest BCUT2D eigenvalue weighted by atomic mass is 32.2. The van der Waals surface area contributed by atoms with Crippen LogP contribution < -0.4 is 21.7 Å². The van der Waals surface area contributed by atoms with Crippen LogP contribution in [0, 0.1) is 0 Å². The Hall–Kier alpha value is -0.900. The minimum absolute atomic E-state index is 0.0827. The monoisotopic (exact) mass is 198 g/mol. The summed E-state index contributed by atoms with van der Waals surface area (Å²) in [5.74, 6) is 0. The minimum atomic E-state index is -3.91. The standard InChI is InChI=1S/C3H10N4O4S/c4-3(8)7-6-1-2-11-12(5,9)10/h6H,1-2H2,(H3,4,7,8)(H2,5,9,10). The maximum atomic E-state index is 10.1. The van der Waals surface area contributed by atoms with Gasteiger partial charge in [0, 0.05) is 6.54 Å². The van der Waals surface area contributed by atoms with E-state index in [1.807, 2.05) is 5.43 Å². The van der Waals surface area contributed by atoms with E-state index in [4.69, 9.17) is 0 Å². The predicted molar refractivity (Wildman–Crippen MR) is 39.8 cm³/mol. The van der Waals surface area contributed by atoms with Gasteiger partial charge < -0.3 is 5.73 Å². The van der Waals surface area contributed by atoms with E-state index in [0.717, 1.165) is 0 Å². The molecule has 0 aromatic rings. The SMILES string of the molecule is NC(=O)NNCCOS(N)(=O)=O. The molecule has 9 heteroatoms. The van der Waals surface area contributed by atoms with Crippen molar-refractivity contribution in [2.45, 2.75) is 0 Å². The summed E-state index contributed by atoms with van der Waals surface area (Å²) in [6.45, 7) is -0.0987. The van der Waals surface area contributed by atoms with Crippen LogP contribution >= 0.6 is 0 Å². The molecule has 0 rings (SSSR count). The second-order valence-corrected chi connectivity index (χ2v) is 2.95. The fraction of sp³-hybridized carbons (Fsp3) is 0.667. The van der Waals surface area contributed by atoms with Crippen molar-refractivity contribution >= 4 is 16.3 Å². The van der Waals surface area contributed by atoms with Gasteiger partial charge >= 0.3 is 16.3 Å². The molecule has 0 aliphatic carbocycles. The Kier molecular flexibility index (Phi) is 4.51. The first-order chi connectivity index (χ1) is 5.42. The minimum Gasteiger partial charge on any atom is -0.351 e. The molecule has 72 valence electrons. The maximum absolute atomic E-state index is 10.1. The van der Waals surface area contributed by atoms with Gasteiger partial charge in [-0.15, -0.1) is 0 Å². The summed E-state index contributed by atoms with van der Waals surface area (Å²) >= 11 is 0. The number of nitrogens with one attached hydrogen (secondary N) is 2. The van der Waals surface area contributed by atoms with Gasteiger partial charge in [0.15, 0.2) is 0 Å². The Morgan fingerprint density at radius 1 is 1.50 bits per heavy atom. The normalized spacial score (nSPS) is 11.1. The highest BCUT2D eigenvalue weighted by Crippen LogP contribution is 1.78. The van der Waals surface area contributed by atoms with Crippen LogP contribution in [0.4, 0.5) is 4.79 Å². The topological polar surface area (TPSA) is 137 Å². The molecule has 0 radical (unpaired) electrons. The summed E-state index contributed by atoms with van der Waals surface area (Å²) in [5, 5.41) is 4.49. The third kappa shape index (κ3) is 9.10. The average Bonchev–Trinajstić information content (AvgIpc) is 1.83. The molecule has 0 bridgehead atoms. The van der Waals surface area contributed by atoms with Crippen LogP contribution in [-0.4, -0.2) is 27.6 Å². The molecule has 0 saturated carbocycles. The van der Waals surface area contributed by atoms with E-state index in [1.54, 1.807) is 0 Å². The Labute approximate surface area is 69.5 Å². The van der Waals surface area contributed by atoms with Gasteiger partial charge in [0.1, 0.15) is 0 Å². The van der Waals surface area contributed by atoms with Crippen LogP contribution in [0.15, 0.2) is 0 Å². The number of urea groups is 1. The molecule has 0 spiro atoms. The third-order valence-electron chi connectivity index (χ3n) is 0.686. The van der Waals surface area contributed by atoms with Crippen LogP contribution in [0.5, 0.6) is 0 Å². The van der Waals surface area contributed by atoms with E-state index in [-0.39, 0.29) is 13.2 Å². The molecule has 0 aliphatic rings. The van der Waals surface area contributed by atoms with Gasteiger partial charge in [-0.25, -0.2) is 15.4 Å². The fourth-order valence-electron chi connectivity index (χ4n) is 0.358. The largest absolute Gasteiger partial charge is 0.351 e. The molecule has 0 aromatic heterocycles. The number of nitrogens with two attached hydrogens (primary N) is 2. The second-order valence-electron chi connectivity index (χ2n) is 1.73. The van der Waals surface area contributed by atoms with Crippen LogP contribution in [-0.2, 0) is 14.5 Å². The average molecular weight is 198 g/mol. The van der Waals surface area contributed by atoms with Gasteiger partial charge in [-0.1, -0.05) is 0 Å². The number of hydrazine groups is 1. The summed E-state index contributed by atoms with van der Waals surface area (Å²) in [6, 6.07) is -0.773. The maximum Gasteiger partial charge on any atom is 0.333 e. The fourth-order valence-corrected chi connectivity index (χ4v) is 0.674. The quantitative estimate of drug-likeness (QED) is 0.283. The van der Waals surface area contributed by atoms with Gasteiger partial charge in [-0.3, -0.25) is 9.61 Å². The lowest BCUT2D eigenvalue weighted by atomic mass is 10.7. The highest BCUT2D eigenvalue weighted by Gasteiger charge is 2.00. The molecule has 8 nitrogen and oxygen atoms in total. The van der Waals surface area contributed by atoms with Crippen molar-refractivity contribution < 1.29 is 17.4 Å². The van der Waals surface area contributed by atoms with Gasteiger partial charge in [0.25, 0.3) is 0 Å². The molecule has 6 N–H and O–H groups in total. The van der Waals surface area contributed by atoms with Gasteiger partial charge in [0.05, 0.1) is 6.61 Å². The lowest BCUT2D eigenvalue weighted by molar-refractivity contribution is 0.242. The summed E-state index contributed by atoms with van der Waals surface area (Å²) < 4.78 is 24.4. The number of carbonyl (C=O) groups excluding carboxylic acids is 1. The third-order valence-corrected chi connectivity index (χ3v) is 1.18. The van der Waals surface area contributed by atoms with Gasteiger partial charge in [-0.2, -0.15) is 8.42 Å². The van der Waals surface area contributed by atoms with E-state index in [0.29, 0.717) is 0 Å². The smallest absolute Gasteiger partial charge is 0.333 e. The van der Waals surface area contributed by atoms with Crippen LogP contribution in [0.3, 0.4) is 0 Å². The molecule has 0 heterocycles. The molecule has 0 unspecified atom stereocenters. The Morgan fingerprint density at radius 3 is 2.50 bits per heavy atom. The number of carbonyl (C=O) groups is 1. The molecule has 2 amide bonds. The van der Waals surface area contributed by atoms with E-state index < -0.39 is 16.3 Å². The van der Waals surface area contributed by atoms with Crippen molar-refractivity contribution in [2.24, 2.45) is 10.9 Å². The zero-order valence-corrected chi connectivity index (χ0v) is 6.93. The lowest BCUT2D eigenvalue weighted by Gasteiger charge is -2.03. The molecule has 0 saturated heterocycles. The van der Waals surface area contributed by atoms with Crippen LogP contribution in [0.1, 0.15) is 0 Å². The van der Waals surface area contributed by atoms with E-state index in [2.05, 4.69) is 20.5 Å². The molecule has 0 aromatic carbocycles. The molecular formula is C3H10N4O4S. The van der Waals surface area contributed by atoms with Gasteiger partial charge in [0.2, 0.25) is 0 Å². The van der Waals surface area contributed by atoms with E-state index >= 15 is 0 Å². The van der Waals surface area contributed by atoms with Crippen molar-refractivity contribution in [3.63, 3.8) is 0 Å². The summed E-state index contributed by atoms with van der Waals surface area (Å²) in [5.41, 5.74) is 8.96. The molecule has 0 atom stereocenters. The number of hydrogen-bond acceptors (Lipinski definition) is 5. The zero-order valence-electron chi connectivity index (χ0n) is 6.11. The molecular weight excluding hydrogens is 188 g/mol.